The first-order chi connectivity index (χ1) is 12.0. The van der Waals surface area contributed by atoms with Crippen LogP contribution in [0.1, 0.15) is 32.3 Å². The fraction of sp³-hybridized carbons (Fsp3) is 0.250. The van der Waals surface area contributed by atoms with Gasteiger partial charge in [-0.25, -0.2) is 0 Å². The van der Waals surface area contributed by atoms with Crippen molar-refractivity contribution in [2.45, 2.75) is 13.5 Å². The van der Waals surface area contributed by atoms with E-state index < -0.39 is 0 Å². The molecule has 0 radical (unpaired) electrons. The number of hydrogen-bond acceptors (Lipinski definition) is 5. The minimum Gasteiger partial charge on any atom is -0.467 e. The third kappa shape index (κ3) is 3.30. The molecule has 0 spiro atoms. The van der Waals surface area contributed by atoms with Gasteiger partial charge in [0, 0.05) is 19.8 Å². The van der Waals surface area contributed by atoms with Gasteiger partial charge in [0.2, 0.25) is 0 Å². The maximum Gasteiger partial charge on any atom is 0.272 e. The largest absolute Gasteiger partial charge is 0.467 e. The van der Waals surface area contributed by atoms with Crippen molar-refractivity contribution < 1.29 is 14.0 Å². The molecule has 2 amide bonds. The lowest BCUT2D eigenvalue weighted by Crippen LogP contribution is -2.26. The summed E-state index contributed by atoms with van der Waals surface area (Å²) in [6.45, 7) is 2.04. The number of nitrogens with one attached hydrogen (secondary N) is 2. The van der Waals surface area contributed by atoms with Gasteiger partial charge in [-0.15, -0.1) is 0 Å². The molecule has 0 aliphatic rings. The van der Waals surface area contributed by atoms with Crippen molar-refractivity contribution in [1.29, 1.82) is 0 Å². The highest BCUT2D eigenvalue weighted by Crippen LogP contribution is 2.17. The van der Waals surface area contributed by atoms with E-state index in [-0.39, 0.29) is 24.1 Å². The van der Waals surface area contributed by atoms with Crippen LogP contribution < -0.4 is 10.6 Å². The highest BCUT2D eigenvalue weighted by atomic mass is 16.3. The number of hydrogen-bond donors (Lipinski definition) is 2. The summed E-state index contributed by atoms with van der Waals surface area (Å²) in [4.78, 5) is 24.9. The number of carbonyl (C=O) groups excluding carboxylic acids is 2. The van der Waals surface area contributed by atoms with Crippen LogP contribution in [0.15, 0.2) is 35.2 Å². The summed E-state index contributed by atoms with van der Waals surface area (Å²) in [6, 6.07) is 3.50. The Bertz CT molecular complexity index is 907. The van der Waals surface area contributed by atoms with Crippen molar-refractivity contribution in [3.05, 3.63) is 53.5 Å². The van der Waals surface area contributed by atoms with E-state index in [2.05, 4.69) is 20.8 Å². The molecule has 0 aliphatic carbocycles. The number of nitrogens with zero attached hydrogens (tertiary/aromatic N) is 4. The average Bonchev–Trinajstić information content (AvgIpc) is 3.29. The van der Waals surface area contributed by atoms with Crippen LogP contribution in [0.25, 0.3) is 0 Å². The van der Waals surface area contributed by atoms with Crippen LogP contribution in [0, 0.1) is 6.92 Å². The molecule has 0 saturated carbocycles. The highest BCUT2D eigenvalue weighted by molar-refractivity contribution is 6.08. The molecule has 9 nitrogen and oxygen atoms in total. The number of furan rings is 1. The molecule has 0 aliphatic heterocycles. The highest BCUT2D eigenvalue weighted by Gasteiger charge is 2.21. The standard InChI is InChI=1S/C16H18N6O3/c1-10-12(8-18-21(10)2)15(23)20-13-9-19-22(3)14(13)16(24)17-7-11-5-4-6-25-11/h4-6,8-9H,7H2,1-3H3,(H,17,24)(H,20,23). The van der Waals surface area contributed by atoms with E-state index in [1.165, 1.54) is 23.3 Å². The van der Waals surface area contributed by atoms with Crippen LogP contribution in [-0.2, 0) is 20.6 Å². The molecule has 3 aromatic rings. The van der Waals surface area contributed by atoms with Gasteiger partial charge in [0.15, 0.2) is 0 Å². The lowest BCUT2D eigenvalue weighted by molar-refractivity contribution is 0.0939. The summed E-state index contributed by atoms with van der Waals surface area (Å²) in [5.41, 5.74) is 1.74. The smallest absolute Gasteiger partial charge is 0.272 e. The maximum atomic E-state index is 12.5. The van der Waals surface area contributed by atoms with Gasteiger partial charge >= 0.3 is 0 Å². The molecule has 0 bridgehead atoms. The molecule has 25 heavy (non-hydrogen) atoms. The van der Waals surface area contributed by atoms with E-state index in [0.29, 0.717) is 17.0 Å². The SMILES string of the molecule is Cc1c(C(=O)Nc2cnn(C)c2C(=O)NCc2ccco2)cnn1C. The summed E-state index contributed by atoms with van der Waals surface area (Å²) in [6.07, 6.45) is 4.45. The molecule has 130 valence electrons. The second-order valence-corrected chi connectivity index (χ2v) is 5.51. The number of aromatic nitrogens is 4. The van der Waals surface area contributed by atoms with Crippen molar-refractivity contribution in [2.24, 2.45) is 14.1 Å². The third-order valence-electron chi connectivity index (χ3n) is 3.89. The number of aryl methyl sites for hydroxylation is 2. The monoisotopic (exact) mass is 342 g/mol. The third-order valence-corrected chi connectivity index (χ3v) is 3.89. The first kappa shape index (κ1) is 16.5. The Morgan fingerprint density at radius 3 is 2.56 bits per heavy atom. The summed E-state index contributed by atoms with van der Waals surface area (Å²) in [7, 11) is 3.39. The predicted octanol–water partition coefficient (Wildman–Crippen LogP) is 1.24. The zero-order valence-electron chi connectivity index (χ0n) is 14.1. The normalized spacial score (nSPS) is 10.7. The Morgan fingerprint density at radius 1 is 1.16 bits per heavy atom. The van der Waals surface area contributed by atoms with Crippen LogP contribution in [0.3, 0.4) is 0 Å². The summed E-state index contributed by atoms with van der Waals surface area (Å²) < 4.78 is 8.20. The summed E-state index contributed by atoms with van der Waals surface area (Å²) in [5.74, 6) is -0.0830. The van der Waals surface area contributed by atoms with Gasteiger partial charge in [0.05, 0.1) is 36.5 Å². The molecule has 0 atom stereocenters. The minimum absolute atomic E-state index is 0.242. The van der Waals surface area contributed by atoms with Gasteiger partial charge in [0.1, 0.15) is 11.5 Å². The van der Waals surface area contributed by atoms with Gasteiger partial charge < -0.3 is 15.1 Å². The van der Waals surface area contributed by atoms with Crippen LogP contribution in [-0.4, -0.2) is 31.4 Å². The van der Waals surface area contributed by atoms with Crippen molar-refractivity contribution in [2.75, 3.05) is 5.32 Å². The quantitative estimate of drug-likeness (QED) is 0.725. The van der Waals surface area contributed by atoms with Gasteiger partial charge in [-0.3, -0.25) is 19.0 Å². The minimum atomic E-state index is -0.366. The van der Waals surface area contributed by atoms with Crippen LogP contribution in [0.4, 0.5) is 5.69 Å². The molecule has 3 rings (SSSR count). The predicted molar refractivity (Wildman–Crippen MR) is 89.0 cm³/mol. The van der Waals surface area contributed by atoms with E-state index >= 15 is 0 Å². The van der Waals surface area contributed by atoms with E-state index in [4.69, 9.17) is 4.42 Å². The average molecular weight is 342 g/mol. The lowest BCUT2D eigenvalue weighted by atomic mass is 10.2. The Hall–Kier alpha value is -3.36. The Balaban J connectivity index is 1.75. The molecule has 0 saturated heterocycles. The topological polar surface area (TPSA) is 107 Å². The van der Waals surface area contributed by atoms with E-state index in [1.807, 2.05) is 0 Å². The fourth-order valence-corrected chi connectivity index (χ4v) is 2.37. The van der Waals surface area contributed by atoms with Crippen LogP contribution in [0.5, 0.6) is 0 Å². The fourth-order valence-electron chi connectivity index (χ4n) is 2.37. The zero-order chi connectivity index (χ0) is 18.0. The first-order valence-corrected chi connectivity index (χ1v) is 7.60. The number of anilines is 1. The maximum absolute atomic E-state index is 12.5. The van der Waals surface area contributed by atoms with Crippen molar-refractivity contribution >= 4 is 17.5 Å². The lowest BCUT2D eigenvalue weighted by Gasteiger charge is -2.08. The van der Waals surface area contributed by atoms with Crippen LogP contribution >= 0.6 is 0 Å². The molecular weight excluding hydrogens is 324 g/mol. The van der Waals surface area contributed by atoms with Crippen molar-refractivity contribution in [3.8, 4) is 0 Å². The molecule has 3 heterocycles. The van der Waals surface area contributed by atoms with Gasteiger partial charge in [-0.2, -0.15) is 10.2 Å². The van der Waals surface area contributed by atoms with E-state index in [0.717, 1.165) is 5.69 Å². The molecule has 0 aromatic carbocycles. The molecule has 0 unspecified atom stereocenters. The number of amides is 2. The number of carbonyl (C=O) groups is 2. The molecule has 3 aromatic heterocycles. The van der Waals surface area contributed by atoms with Gasteiger partial charge in [0.25, 0.3) is 11.8 Å². The van der Waals surface area contributed by atoms with Gasteiger partial charge in [-0.05, 0) is 19.1 Å². The molecule has 9 heteroatoms. The second kappa shape index (κ2) is 6.63. The first-order valence-electron chi connectivity index (χ1n) is 7.60. The Labute approximate surface area is 143 Å². The Morgan fingerprint density at radius 2 is 1.92 bits per heavy atom. The zero-order valence-corrected chi connectivity index (χ0v) is 14.1. The van der Waals surface area contributed by atoms with Crippen molar-refractivity contribution in [3.63, 3.8) is 0 Å². The molecule has 0 fully saturated rings. The summed E-state index contributed by atoms with van der Waals surface area (Å²) in [5, 5.41) is 13.6. The van der Waals surface area contributed by atoms with Crippen LogP contribution in [0.2, 0.25) is 0 Å². The van der Waals surface area contributed by atoms with E-state index in [9.17, 15) is 9.59 Å². The van der Waals surface area contributed by atoms with Gasteiger partial charge in [-0.1, -0.05) is 0 Å². The summed E-state index contributed by atoms with van der Waals surface area (Å²) >= 11 is 0. The second-order valence-electron chi connectivity index (χ2n) is 5.51. The molecular formula is C16H18N6O3. The Kier molecular flexibility index (Phi) is 4.38. The molecule has 2 N–H and O–H groups in total. The van der Waals surface area contributed by atoms with E-state index in [1.54, 1.807) is 37.8 Å². The number of rotatable bonds is 5. The van der Waals surface area contributed by atoms with Crippen molar-refractivity contribution in [1.82, 2.24) is 24.9 Å².